The molecule has 2 aromatic rings. The topological polar surface area (TPSA) is 73.9 Å². The van der Waals surface area contributed by atoms with Gasteiger partial charge in [0.05, 0.1) is 30.1 Å². The van der Waals surface area contributed by atoms with Gasteiger partial charge >= 0.3 is 0 Å². The summed E-state index contributed by atoms with van der Waals surface area (Å²) in [7, 11) is 0. The Hall–Kier alpha value is -2.16. The number of nitrogens with zero attached hydrogens (tertiary/aromatic N) is 3. The zero-order valence-corrected chi connectivity index (χ0v) is 13.2. The zero-order valence-electron chi connectivity index (χ0n) is 13.2. The summed E-state index contributed by atoms with van der Waals surface area (Å²) in [5.41, 5.74) is 3.73. The smallest absolute Gasteiger partial charge is 0.0991 e. The first kappa shape index (κ1) is 16.2. The molecule has 0 radical (unpaired) electrons. The molecule has 2 atom stereocenters. The summed E-state index contributed by atoms with van der Waals surface area (Å²) >= 11 is 0. The van der Waals surface area contributed by atoms with Crippen LogP contribution in [0.5, 0.6) is 0 Å². The lowest BCUT2D eigenvalue weighted by Gasteiger charge is -2.20. The SMILES string of the molecule is CCC(CO)NC(C)c1cnn(-c2ccc(C#N)cc2)c1C. The minimum absolute atomic E-state index is 0.0904. The van der Waals surface area contributed by atoms with Crippen LogP contribution < -0.4 is 5.32 Å². The molecule has 0 spiro atoms. The highest BCUT2D eigenvalue weighted by atomic mass is 16.3. The van der Waals surface area contributed by atoms with Crippen LogP contribution >= 0.6 is 0 Å². The third kappa shape index (κ3) is 3.35. The van der Waals surface area contributed by atoms with Gasteiger partial charge in [0.15, 0.2) is 0 Å². The Morgan fingerprint density at radius 1 is 1.36 bits per heavy atom. The number of benzene rings is 1. The lowest BCUT2D eigenvalue weighted by atomic mass is 10.1. The fourth-order valence-electron chi connectivity index (χ4n) is 2.53. The predicted molar refractivity (Wildman–Crippen MR) is 85.7 cm³/mol. The third-order valence-electron chi connectivity index (χ3n) is 3.95. The second-order valence-corrected chi connectivity index (χ2v) is 5.43. The highest BCUT2D eigenvalue weighted by Crippen LogP contribution is 2.21. The van der Waals surface area contributed by atoms with Crippen molar-refractivity contribution in [3.63, 3.8) is 0 Å². The Morgan fingerprint density at radius 3 is 2.59 bits per heavy atom. The van der Waals surface area contributed by atoms with Crippen molar-refractivity contribution in [3.05, 3.63) is 47.3 Å². The van der Waals surface area contributed by atoms with Gasteiger partial charge < -0.3 is 10.4 Å². The highest BCUT2D eigenvalue weighted by Gasteiger charge is 2.16. The van der Waals surface area contributed by atoms with Crippen LogP contribution in [-0.2, 0) is 0 Å². The second-order valence-electron chi connectivity index (χ2n) is 5.43. The Labute approximate surface area is 131 Å². The standard InChI is InChI=1S/C17H22N4O/c1-4-15(11-22)20-12(2)17-10-19-21(13(17)3)16-7-5-14(9-18)6-8-16/h5-8,10,12,15,20,22H,4,11H2,1-3H3. The number of nitrogens with one attached hydrogen (secondary N) is 1. The molecule has 5 nitrogen and oxygen atoms in total. The van der Waals surface area contributed by atoms with Gasteiger partial charge in [-0.25, -0.2) is 4.68 Å². The molecule has 2 unspecified atom stereocenters. The molecule has 2 rings (SSSR count). The van der Waals surface area contributed by atoms with Crippen LogP contribution in [0.15, 0.2) is 30.5 Å². The third-order valence-corrected chi connectivity index (χ3v) is 3.95. The fourth-order valence-corrected chi connectivity index (χ4v) is 2.53. The minimum Gasteiger partial charge on any atom is -0.395 e. The van der Waals surface area contributed by atoms with Gasteiger partial charge in [-0.2, -0.15) is 10.4 Å². The Bertz CT molecular complexity index is 650. The number of aliphatic hydroxyl groups is 1. The maximum Gasteiger partial charge on any atom is 0.0991 e. The molecule has 0 aliphatic rings. The maximum atomic E-state index is 9.31. The molecule has 1 aromatic heterocycles. The van der Waals surface area contributed by atoms with Crippen LogP contribution in [0.1, 0.15) is 43.1 Å². The van der Waals surface area contributed by atoms with E-state index in [4.69, 9.17) is 5.26 Å². The van der Waals surface area contributed by atoms with E-state index in [-0.39, 0.29) is 18.7 Å². The van der Waals surface area contributed by atoms with Crippen LogP contribution in [0.2, 0.25) is 0 Å². The van der Waals surface area contributed by atoms with E-state index < -0.39 is 0 Å². The molecular weight excluding hydrogens is 276 g/mol. The van der Waals surface area contributed by atoms with Crippen LogP contribution in [0.4, 0.5) is 0 Å². The molecule has 0 bridgehead atoms. The molecule has 0 aliphatic heterocycles. The lowest BCUT2D eigenvalue weighted by Crippen LogP contribution is -2.34. The number of hydrogen-bond acceptors (Lipinski definition) is 4. The van der Waals surface area contributed by atoms with Crippen molar-refractivity contribution in [2.75, 3.05) is 6.61 Å². The van der Waals surface area contributed by atoms with Crippen LogP contribution in [0.25, 0.3) is 5.69 Å². The monoisotopic (exact) mass is 298 g/mol. The average Bonchev–Trinajstić information content (AvgIpc) is 2.94. The van der Waals surface area contributed by atoms with E-state index in [1.54, 1.807) is 12.1 Å². The Kier molecular flexibility index (Phi) is 5.31. The first-order chi connectivity index (χ1) is 10.6. The molecule has 0 aliphatic carbocycles. The molecule has 1 aromatic carbocycles. The summed E-state index contributed by atoms with van der Waals surface area (Å²) in [6.07, 6.45) is 2.74. The molecule has 0 saturated heterocycles. The summed E-state index contributed by atoms with van der Waals surface area (Å²) in [6, 6.07) is 9.68. The van der Waals surface area contributed by atoms with E-state index in [2.05, 4.69) is 23.4 Å². The largest absolute Gasteiger partial charge is 0.395 e. The minimum atomic E-state index is 0.0904. The zero-order chi connectivity index (χ0) is 16.1. The quantitative estimate of drug-likeness (QED) is 0.859. The molecule has 0 saturated carbocycles. The van der Waals surface area contributed by atoms with E-state index in [1.807, 2.05) is 36.9 Å². The molecule has 5 heteroatoms. The van der Waals surface area contributed by atoms with Gasteiger partial charge in [-0.1, -0.05) is 6.92 Å². The maximum absolute atomic E-state index is 9.31. The van der Waals surface area contributed by atoms with E-state index in [9.17, 15) is 5.11 Å². The van der Waals surface area contributed by atoms with E-state index in [0.717, 1.165) is 23.4 Å². The number of aliphatic hydroxyl groups excluding tert-OH is 1. The summed E-state index contributed by atoms with van der Waals surface area (Å²) < 4.78 is 1.87. The number of hydrogen-bond donors (Lipinski definition) is 2. The fraction of sp³-hybridized carbons (Fsp3) is 0.412. The van der Waals surface area contributed by atoms with Crippen LogP contribution in [0.3, 0.4) is 0 Å². The first-order valence-corrected chi connectivity index (χ1v) is 7.52. The van der Waals surface area contributed by atoms with Crippen molar-refractivity contribution >= 4 is 0 Å². The number of nitriles is 1. The predicted octanol–water partition coefficient (Wildman–Crippen LogP) is 2.47. The summed E-state index contributed by atoms with van der Waals surface area (Å²) in [5, 5.41) is 26.0. The van der Waals surface area contributed by atoms with E-state index in [0.29, 0.717) is 5.56 Å². The van der Waals surface area contributed by atoms with Gasteiger partial charge in [0.1, 0.15) is 0 Å². The summed E-state index contributed by atoms with van der Waals surface area (Å²) in [4.78, 5) is 0. The molecular formula is C17H22N4O. The normalized spacial score (nSPS) is 13.6. The number of rotatable bonds is 6. The molecule has 116 valence electrons. The van der Waals surface area contributed by atoms with Gasteiger partial charge in [-0.3, -0.25) is 0 Å². The van der Waals surface area contributed by atoms with Gasteiger partial charge in [-0.05, 0) is 44.5 Å². The van der Waals surface area contributed by atoms with Crippen molar-refractivity contribution in [2.45, 2.75) is 39.3 Å². The van der Waals surface area contributed by atoms with Crippen LogP contribution in [0, 0.1) is 18.3 Å². The number of aromatic nitrogens is 2. The molecule has 22 heavy (non-hydrogen) atoms. The van der Waals surface area contributed by atoms with Crippen molar-refractivity contribution < 1.29 is 5.11 Å². The van der Waals surface area contributed by atoms with Crippen molar-refractivity contribution in [3.8, 4) is 11.8 Å². The van der Waals surface area contributed by atoms with E-state index >= 15 is 0 Å². The molecule has 2 N–H and O–H groups in total. The van der Waals surface area contributed by atoms with Crippen molar-refractivity contribution in [1.29, 1.82) is 5.26 Å². The summed E-state index contributed by atoms with van der Waals surface area (Å²) in [5.74, 6) is 0. The van der Waals surface area contributed by atoms with Gasteiger partial charge in [0.25, 0.3) is 0 Å². The van der Waals surface area contributed by atoms with Gasteiger partial charge in [0, 0.05) is 23.3 Å². The van der Waals surface area contributed by atoms with E-state index in [1.165, 1.54) is 0 Å². The Balaban J connectivity index is 2.23. The lowest BCUT2D eigenvalue weighted by molar-refractivity contribution is 0.230. The first-order valence-electron chi connectivity index (χ1n) is 7.52. The highest BCUT2D eigenvalue weighted by molar-refractivity contribution is 5.40. The van der Waals surface area contributed by atoms with Gasteiger partial charge in [0.2, 0.25) is 0 Å². The second kappa shape index (κ2) is 7.21. The Morgan fingerprint density at radius 2 is 2.05 bits per heavy atom. The summed E-state index contributed by atoms with van der Waals surface area (Å²) in [6.45, 7) is 6.28. The van der Waals surface area contributed by atoms with Crippen molar-refractivity contribution in [2.24, 2.45) is 0 Å². The molecule has 1 heterocycles. The molecule has 0 fully saturated rings. The van der Waals surface area contributed by atoms with Crippen LogP contribution in [-0.4, -0.2) is 27.5 Å². The van der Waals surface area contributed by atoms with Crippen molar-refractivity contribution in [1.82, 2.24) is 15.1 Å². The molecule has 0 amide bonds. The van der Waals surface area contributed by atoms with Gasteiger partial charge in [-0.15, -0.1) is 0 Å². The average molecular weight is 298 g/mol.